The van der Waals surface area contributed by atoms with Crippen molar-refractivity contribution in [1.29, 1.82) is 0 Å². The molecule has 5 heteroatoms. The lowest BCUT2D eigenvalue weighted by atomic mass is 9.79. The molecule has 5 nitrogen and oxygen atoms in total. The minimum absolute atomic E-state index is 0.0539. The number of amides is 1. The smallest absolute Gasteiger partial charge is 0.316 e. The molecule has 0 aromatic rings. The number of nitrogens with one attached hydrogen (secondary N) is 1. The van der Waals surface area contributed by atoms with Crippen molar-refractivity contribution in [3.8, 4) is 0 Å². The van der Waals surface area contributed by atoms with Crippen LogP contribution in [0.15, 0.2) is 0 Å². The van der Waals surface area contributed by atoms with Gasteiger partial charge in [0.05, 0.1) is 6.10 Å². The zero-order valence-corrected chi connectivity index (χ0v) is 11.5. The molecule has 0 bridgehead atoms. The maximum absolute atomic E-state index is 12.0. The zero-order valence-electron chi connectivity index (χ0n) is 11.5. The maximum Gasteiger partial charge on any atom is 0.316 e. The van der Waals surface area contributed by atoms with Gasteiger partial charge in [0.15, 0.2) is 0 Å². The summed E-state index contributed by atoms with van der Waals surface area (Å²) in [5.74, 6) is -2.47. The Kier molecular flexibility index (Phi) is 4.73. The van der Waals surface area contributed by atoms with E-state index in [1.54, 1.807) is 20.8 Å². The van der Waals surface area contributed by atoms with Crippen LogP contribution in [0, 0.1) is 11.3 Å². The van der Waals surface area contributed by atoms with Gasteiger partial charge in [0, 0.05) is 12.6 Å². The van der Waals surface area contributed by atoms with Crippen molar-refractivity contribution >= 4 is 11.9 Å². The van der Waals surface area contributed by atoms with E-state index in [9.17, 15) is 9.59 Å². The third-order valence-electron chi connectivity index (χ3n) is 3.22. The Morgan fingerprint density at radius 2 is 1.94 bits per heavy atom. The summed E-state index contributed by atoms with van der Waals surface area (Å²) in [4.78, 5) is 23.1. The Labute approximate surface area is 108 Å². The summed E-state index contributed by atoms with van der Waals surface area (Å²) in [7, 11) is 0. The summed E-state index contributed by atoms with van der Waals surface area (Å²) >= 11 is 0. The van der Waals surface area contributed by atoms with E-state index in [1.807, 2.05) is 6.92 Å². The minimum Gasteiger partial charge on any atom is -0.481 e. The van der Waals surface area contributed by atoms with E-state index < -0.39 is 23.2 Å². The van der Waals surface area contributed by atoms with Gasteiger partial charge in [-0.2, -0.15) is 0 Å². The lowest BCUT2D eigenvalue weighted by molar-refractivity contribution is -0.152. The fraction of sp³-hybridized carbons (Fsp3) is 0.846. The van der Waals surface area contributed by atoms with E-state index in [2.05, 4.69) is 5.32 Å². The van der Waals surface area contributed by atoms with Gasteiger partial charge in [0.25, 0.3) is 0 Å². The summed E-state index contributed by atoms with van der Waals surface area (Å²) in [6.07, 6.45) is 1.75. The molecule has 0 heterocycles. The molecule has 1 atom stereocenters. The molecule has 1 aliphatic carbocycles. The highest BCUT2D eigenvalue weighted by Gasteiger charge is 2.40. The first-order valence-corrected chi connectivity index (χ1v) is 6.40. The van der Waals surface area contributed by atoms with E-state index >= 15 is 0 Å². The number of carboxylic acid groups (broad SMARTS) is 1. The van der Waals surface area contributed by atoms with Crippen LogP contribution in [0.5, 0.6) is 0 Å². The largest absolute Gasteiger partial charge is 0.481 e. The number of carbonyl (C=O) groups is 2. The first-order valence-electron chi connectivity index (χ1n) is 6.40. The Hall–Kier alpha value is -1.10. The second kappa shape index (κ2) is 5.69. The van der Waals surface area contributed by atoms with Gasteiger partial charge in [0.1, 0.15) is 5.92 Å². The van der Waals surface area contributed by atoms with Crippen molar-refractivity contribution in [2.24, 2.45) is 11.3 Å². The van der Waals surface area contributed by atoms with Crippen LogP contribution in [-0.4, -0.2) is 35.7 Å². The summed E-state index contributed by atoms with van der Waals surface area (Å²) in [5.41, 5.74) is -0.584. The summed E-state index contributed by atoms with van der Waals surface area (Å²) in [6, 6.07) is 0.0539. The van der Waals surface area contributed by atoms with E-state index in [0.29, 0.717) is 6.61 Å². The van der Waals surface area contributed by atoms with Crippen molar-refractivity contribution in [3.05, 3.63) is 0 Å². The first-order chi connectivity index (χ1) is 8.25. The molecule has 1 aliphatic rings. The Morgan fingerprint density at radius 1 is 1.39 bits per heavy atom. The number of carboxylic acids is 1. The highest BCUT2D eigenvalue weighted by atomic mass is 16.5. The van der Waals surface area contributed by atoms with Gasteiger partial charge in [-0.25, -0.2) is 0 Å². The maximum atomic E-state index is 12.0. The fourth-order valence-corrected chi connectivity index (χ4v) is 2.22. The Morgan fingerprint density at radius 3 is 2.33 bits per heavy atom. The summed E-state index contributed by atoms with van der Waals surface area (Å²) in [5, 5.41) is 11.9. The van der Waals surface area contributed by atoms with E-state index in [1.165, 1.54) is 0 Å². The molecule has 0 spiro atoms. The molecule has 104 valence electrons. The average molecular weight is 257 g/mol. The van der Waals surface area contributed by atoms with Gasteiger partial charge in [-0.05, 0) is 25.2 Å². The fourth-order valence-electron chi connectivity index (χ4n) is 2.22. The molecule has 0 aliphatic heterocycles. The van der Waals surface area contributed by atoms with Crippen LogP contribution in [0.1, 0.15) is 40.5 Å². The van der Waals surface area contributed by atoms with Gasteiger partial charge in [0.2, 0.25) is 5.91 Å². The minimum atomic E-state index is -1.07. The molecule has 1 rings (SSSR count). The zero-order chi connectivity index (χ0) is 13.9. The van der Waals surface area contributed by atoms with Crippen molar-refractivity contribution in [3.63, 3.8) is 0 Å². The van der Waals surface area contributed by atoms with E-state index in [-0.39, 0.29) is 12.1 Å². The van der Waals surface area contributed by atoms with Gasteiger partial charge >= 0.3 is 5.97 Å². The third-order valence-corrected chi connectivity index (χ3v) is 3.22. The molecule has 2 N–H and O–H groups in total. The lowest BCUT2D eigenvalue weighted by Crippen LogP contribution is -2.52. The van der Waals surface area contributed by atoms with Crippen LogP contribution in [0.3, 0.4) is 0 Å². The van der Waals surface area contributed by atoms with Crippen molar-refractivity contribution in [2.75, 3.05) is 6.61 Å². The first kappa shape index (κ1) is 15.0. The van der Waals surface area contributed by atoms with Crippen LogP contribution >= 0.6 is 0 Å². The quantitative estimate of drug-likeness (QED) is 0.730. The molecule has 1 fully saturated rings. The molecule has 0 aromatic carbocycles. The summed E-state index contributed by atoms with van der Waals surface area (Å²) < 4.78 is 5.40. The predicted molar refractivity (Wildman–Crippen MR) is 67.2 cm³/mol. The normalized spacial score (nSPS) is 25.1. The molecular weight excluding hydrogens is 234 g/mol. The summed E-state index contributed by atoms with van der Waals surface area (Å²) in [6.45, 7) is 7.89. The number of hydrogen-bond donors (Lipinski definition) is 2. The van der Waals surface area contributed by atoms with Crippen LogP contribution in [0.25, 0.3) is 0 Å². The van der Waals surface area contributed by atoms with Gasteiger partial charge in [-0.15, -0.1) is 0 Å². The third kappa shape index (κ3) is 3.70. The molecule has 18 heavy (non-hydrogen) atoms. The van der Waals surface area contributed by atoms with Gasteiger partial charge in [-0.1, -0.05) is 20.8 Å². The number of hydrogen-bond acceptors (Lipinski definition) is 3. The predicted octanol–water partition coefficient (Wildman–Crippen LogP) is 1.42. The molecular formula is C13H23NO4. The monoisotopic (exact) mass is 257 g/mol. The van der Waals surface area contributed by atoms with Crippen LogP contribution in [-0.2, 0) is 14.3 Å². The molecule has 0 saturated heterocycles. The molecule has 0 radical (unpaired) electrons. The second-order valence-electron chi connectivity index (χ2n) is 5.89. The van der Waals surface area contributed by atoms with Crippen molar-refractivity contribution < 1.29 is 19.4 Å². The number of aliphatic carboxylic acids is 1. The Balaban J connectivity index is 2.47. The van der Waals surface area contributed by atoms with E-state index in [4.69, 9.17) is 9.84 Å². The molecule has 1 amide bonds. The molecule has 1 unspecified atom stereocenters. The SMILES string of the molecule is CCOC1CC(NC(=O)C(C(=O)O)C(C)(C)C)C1. The Bertz CT molecular complexity index is 315. The highest BCUT2D eigenvalue weighted by molar-refractivity contribution is 5.97. The molecule has 0 aromatic heterocycles. The van der Waals surface area contributed by atoms with Gasteiger partial charge < -0.3 is 15.2 Å². The lowest BCUT2D eigenvalue weighted by Gasteiger charge is -2.37. The highest BCUT2D eigenvalue weighted by Crippen LogP contribution is 2.28. The van der Waals surface area contributed by atoms with Crippen LogP contribution in [0.4, 0.5) is 0 Å². The standard InChI is InChI=1S/C13H23NO4/c1-5-18-9-6-8(7-9)14-11(15)10(12(16)17)13(2,3)4/h8-10H,5-7H2,1-4H3,(H,14,15)(H,16,17). The van der Waals surface area contributed by atoms with Crippen LogP contribution < -0.4 is 5.32 Å². The van der Waals surface area contributed by atoms with Crippen molar-refractivity contribution in [2.45, 2.75) is 52.7 Å². The number of carbonyl (C=O) groups excluding carboxylic acids is 1. The topological polar surface area (TPSA) is 75.6 Å². The van der Waals surface area contributed by atoms with Gasteiger partial charge in [-0.3, -0.25) is 9.59 Å². The number of ether oxygens (including phenoxy) is 1. The average Bonchev–Trinajstić information content (AvgIpc) is 2.11. The number of rotatable bonds is 5. The second-order valence-corrected chi connectivity index (χ2v) is 5.89. The van der Waals surface area contributed by atoms with Crippen molar-refractivity contribution in [1.82, 2.24) is 5.32 Å². The van der Waals surface area contributed by atoms with E-state index in [0.717, 1.165) is 12.8 Å². The molecule has 1 saturated carbocycles. The van der Waals surface area contributed by atoms with Crippen LogP contribution in [0.2, 0.25) is 0 Å².